The first-order valence-corrected chi connectivity index (χ1v) is 14.8. The van der Waals surface area contributed by atoms with E-state index < -0.39 is 0 Å². The second-order valence-electron chi connectivity index (χ2n) is 10.8. The Morgan fingerprint density at radius 3 is 2.38 bits per heavy atom. The van der Waals surface area contributed by atoms with Crippen LogP contribution < -0.4 is 0 Å². The number of thioether (sulfide) groups is 1. The summed E-state index contributed by atoms with van der Waals surface area (Å²) in [5, 5.41) is 4.91. The quantitative estimate of drug-likeness (QED) is 0.634. The summed E-state index contributed by atoms with van der Waals surface area (Å²) in [7, 11) is 0. The number of carbonyl (C=O) groups is 1. The van der Waals surface area contributed by atoms with Crippen LogP contribution in [0.2, 0.25) is 0 Å². The molecule has 3 saturated heterocycles. The van der Waals surface area contributed by atoms with E-state index in [0.717, 1.165) is 69.2 Å². The lowest BCUT2D eigenvalue weighted by molar-refractivity contribution is -0.0875. The van der Waals surface area contributed by atoms with Crippen molar-refractivity contribution in [2.75, 3.05) is 50.8 Å². The molecule has 0 spiro atoms. The zero-order valence-corrected chi connectivity index (χ0v) is 22.2. The van der Waals surface area contributed by atoms with Crippen molar-refractivity contribution in [2.45, 2.75) is 90.1 Å². The van der Waals surface area contributed by atoms with E-state index in [0.29, 0.717) is 24.3 Å². The van der Waals surface area contributed by atoms with Crippen LogP contribution in [0.1, 0.15) is 68.2 Å². The zero-order chi connectivity index (χ0) is 23.7. The van der Waals surface area contributed by atoms with Gasteiger partial charge in [0.15, 0.2) is 5.69 Å². The van der Waals surface area contributed by atoms with E-state index in [-0.39, 0.29) is 5.91 Å². The van der Waals surface area contributed by atoms with E-state index in [2.05, 4.69) is 35.3 Å². The summed E-state index contributed by atoms with van der Waals surface area (Å²) in [5.74, 6) is 2.25. The van der Waals surface area contributed by atoms with Crippen LogP contribution in [0.15, 0.2) is 0 Å². The maximum atomic E-state index is 13.5. The van der Waals surface area contributed by atoms with Crippen molar-refractivity contribution in [3.05, 3.63) is 17.0 Å². The first-order valence-electron chi connectivity index (χ1n) is 13.6. The minimum Gasteiger partial charge on any atom is -0.373 e. The topological polar surface area (TPSA) is 53.8 Å². The van der Waals surface area contributed by atoms with E-state index in [9.17, 15) is 4.79 Å². The maximum absolute atomic E-state index is 13.5. The van der Waals surface area contributed by atoms with E-state index in [1.165, 1.54) is 43.6 Å². The number of carbonyl (C=O) groups excluding carboxylic acids is 1. The monoisotopic (exact) mass is 489 g/mol. The highest BCUT2D eigenvalue weighted by molar-refractivity contribution is 7.99. The molecule has 7 nitrogen and oxygen atoms in total. The highest BCUT2D eigenvalue weighted by Crippen LogP contribution is 2.31. The molecule has 0 radical (unpaired) electrons. The molecule has 0 saturated carbocycles. The highest BCUT2D eigenvalue weighted by Gasteiger charge is 2.36. The van der Waals surface area contributed by atoms with Gasteiger partial charge in [0.25, 0.3) is 5.91 Å². The van der Waals surface area contributed by atoms with Crippen molar-refractivity contribution in [3.63, 3.8) is 0 Å². The second-order valence-corrected chi connectivity index (χ2v) is 12.0. The molecule has 1 amide bonds. The van der Waals surface area contributed by atoms with Crippen LogP contribution in [-0.4, -0.2) is 105 Å². The Morgan fingerprint density at radius 2 is 1.71 bits per heavy atom. The molecule has 1 aromatic rings. The third-order valence-electron chi connectivity index (χ3n) is 8.24. The standard InChI is InChI=1S/C26H43N5O2S/c1-4-9-31-24-6-5-22(16-23(24)25(27-31)26(32)29-12-14-34-15-13-29)28-10-7-21(8-11-28)30-17-19(2)33-20(3)18-30/h19-22H,4-18H2,1-3H3/t19-,20+,22?. The van der Waals surface area contributed by atoms with Gasteiger partial charge < -0.3 is 9.64 Å². The molecule has 0 aromatic carbocycles. The summed E-state index contributed by atoms with van der Waals surface area (Å²) >= 11 is 1.95. The fourth-order valence-corrected chi connectivity index (χ4v) is 7.50. The summed E-state index contributed by atoms with van der Waals surface area (Å²) in [6, 6.07) is 1.23. The number of hydrogen-bond donors (Lipinski definition) is 0. The molecule has 34 heavy (non-hydrogen) atoms. The van der Waals surface area contributed by atoms with Gasteiger partial charge in [-0.1, -0.05) is 6.92 Å². The summed E-state index contributed by atoms with van der Waals surface area (Å²) in [6.07, 6.45) is 7.45. The SMILES string of the molecule is CCCn1nc(C(=O)N2CCSCC2)c2c1CCC(N1CCC(N3C[C@@H](C)O[C@@H](C)C3)CC1)C2. The molecule has 190 valence electrons. The van der Waals surface area contributed by atoms with Crippen LogP contribution in [0, 0.1) is 0 Å². The molecule has 4 aliphatic rings. The van der Waals surface area contributed by atoms with Gasteiger partial charge in [0.2, 0.25) is 0 Å². The summed E-state index contributed by atoms with van der Waals surface area (Å²) < 4.78 is 8.12. The Labute approximate surface area is 209 Å². The van der Waals surface area contributed by atoms with Crippen molar-refractivity contribution < 1.29 is 9.53 Å². The number of rotatable bonds is 5. The minimum absolute atomic E-state index is 0.168. The van der Waals surface area contributed by atoms with Crippen LogP contribution in [0.25, 0.3) is 0 Å². The molecule has 3 fully saturated rings. The number of hydrogen-bond acceptors (Lipinski definition) is 6. The largest absolute Gasteiger partial charge is 0.373 e. The summed E-state index contributed by atoms with van der Waals surface area (Å²) in [5.41, 5.74) is 3.34. The molecule has 3 atom stereocenters. The van der Waals surface area contributed by atoms with E-state index >= 15 is 0 Å². The number of aromatic nitrogens is 2. The van der Waals surface area contributed by atoms with Gasteiger partial charge in [-0.3, -0.25) is 19.3 Å². The van der Waals surface area contributed by atoms with Gasteiger partial charge in [-0.2, -0.15) is 16.9 Å². The molecule has 1 aromatic heterocycles. The lowest BCUT2D eigenvalue weighted by atomic mass is 9.88. The fourth-order valence-electron chi connectivity index (χ4n) is 6.60. The molecule has 8 heteroatoms. The zero-order valence-electron chi connectivity index (χ0n) is 21.4. The van der Waals surface area contributed by atoms with Gasteiger partial charge in [0, 0.05) is 67.6 Å². The third-order valence-corrected chi connectivity index (χ3v) is 9.18. The average molecular weight is 490 g/mol. The second kappa shape index (κ2) is 10.9. The van der Waals surface area contributed by atoms with Crippen LogP contribution >= 0.6 is 11.8 Å². The maximum Gasteiger partial charge on any atom is 0.274 e. The summed E-state index contributed by atoms with van der Waals surface area (Å²) in [6.45, 7) is 13.7. The van der Waals surface area contributed by atoms with E-state index in [4.69, 9.17) is 9.84 Å². The number of nitrogens with zero attached hydrogens (tertiary/aromatic N) is 5. The number of fused-ring (bicyclic) bond motifs is 1. The molecule has 1 unspecified atom stereocenters. The van der Waals surface area contributed by atoms with Crippen molar-refractivity contribution >= 4 is 17.7 Å². The number of aryl methyl sites for hydroxylation is 1. The molecule has 0 N–H and O–H groups in total. The molecular weight excluding hydrogens is 446 g/mol. The smallest absolute Gasteiger partial charge is 0.274 e. The Kier molecular flexibility index (Phi) is 7.88. The van der Waals surface area contributed by atoms with Crippen molar-refractivity contribution in [2.24, 2.45) is 0 Å². The number of piperidine rings is 1. The minimum atomic E-state index is 0.168. The highest BCUT2D eigenvalue weighted by atomic mass is 32.2. The van der Waals surface area contributed by atoms with Crippen molar-refractivity contribution in [1.29, 1.82) is 0 Å². The average Bonchev–Trinajstić information content (AvgIpc) is 3.21. The van der Waals surface area contributed by atoms with E-state index in [1.54, 1.807) is 0 Å². The molecule has 0 bridgehead atoms. The predicted octanol–water partition coefficient (Wildman–Crippen LogP) is 2.91. The number of ether oxygens (including phenoxy) is 1. The normalized spacial score (nSPS) is 29.9. The molecule has 4 heterocycles. The van der Waals surface area contributed by atoms with Crippen LogP contribution in [-0.2, 0) is 24.1 Å². The van der Waals surface area contributed by atoms with Gasteiger partial charge in [0.05, 0.1) is 12.2 Å². The first kappa shape index (κ1) is 24.6. The van der Waals surface area contributed by atoms with Crippen LogP contribution in [0.4, 0.5) is 0 Å². The molecule has 3 aliphatic heterocycles. The van der Waals surface area contributed by atoms with Crippen LogP contribution in [0.3, 0.4) is 0 Å². The Morgan fingerprint density at radius 1 is 1.00 bits per heavy atom. The lowest BCUT2D eigenvalue weighted by Gasteiger charge is -2.45. The van der Waals surface area contributed by atoms with Gasteiger partial charge in [-0.15, -0.1) is 0 Å². The van der Waals surface area contributed by atoms with Gasteiger partial charge in [-0.25, -0.2) is 0 Å². The molecule has 5 rings (SSSR count). The molecule has 1 aliphatic carbocycles. The van der Waals surface area contributed by atoms with Crippen LogP contribution in [0.5, 0.6) is 0 Å². The van der Waals surface area contributed by atoms with Crippen molar-refractivity contribution in [1.82, 2.24) is 24.5 Å². The number of likely N-dealkylation sites (tertiary alicyclic amines) is 1. The van der Waals surface area contributed by atoms with Gasteiger partial charge in [-0.05, 0) is 65.5 Å². The Balaban J connectivity index is 1.26. The fraction of sp³-hybridized carbons (Fsp3) is 0.846. The van der Waals surface area contributed by atoms with Crippen molar-refractivity contribution in [3.8, 4) is 0 Å². The van der Waals surface area contributed by atoms with Gasteiger partial charge >= 0.3 is 0 Å². The third kappa shape index (κ3) is 5.20. The predicted molar refractivity (Wildman–Crippen MR) is 138 cm³/mol. The first-order chi connectivity index (χ1) is 16.5. The Hall–Kier alpha value is -1.09. The number of amides is 1. The lowest BCUT2D eigenvalue weighted by Crippen LogP contribution is -2.54. The molecular formula is C26H43N5O2S. The number of morpholine rings is 1. The van der Waals surface area contributed by atoms with E-state index in [1.807, 2.05) is 16.7 Å². The summed E-state index contributed by atoms with van der Waals surface area (Å²) in [4.78, 5) is 20.9. The van der Waals surface area contributed by atoms with Gasteiger partial charge in [0.1, 0.15) is 0 Å². The Bertz CT molecular complexity index is 836.